The van der Waals surface area contributed by atoms with Crippen LogP contribution in [0, 0.1) is 0 Å². The summed E-state index contributed by atoms with van der Waals surface area (Å²) < 4.78 is 24.2. The van der Waals surface area contributed by atoms with E-state index in [-0.39, 0.29) is 5.75 Å². The van der Waals surface area contributed by atoms with E-state index in [4.69, 9.17) is 0 Å². The highest BCUT2D eigenvalue weighted by atomic mass is 32.2. The maximum Gasteiger partial charge on any atom is 0.215 e. The smallest absolute Gasteiger partial charge is 0.215 e. The van der Waals surface area contributed by atoms with Crippen molar-refractivity contribution in [2.24, 2.45) is 0 Å². The van der Waals surface area contributed by atoms with Gasteiger partial charge in [-0.05, 0) is 0 Å². The zero-order chi connectivity index (χ0) is 8.32. The summed E-state index contributed by atoms with van der Waals surface area (Å²) in [4.78, 5) is 0. The van der Waals surface area contributed by atoms with E-state index in [9.17, 15) is 8.42 Å². The van der Waals surface area contributed by atoms with Crippen molar-refractivity contribution in [3.8, 4) is 0 Å². The van der Waals surface area contributed by atoms with Crippen LogP contribution in [-0.2, 0) is 10.0 Å². The number of nitrogens with one attached hydrogen (secondary N) is 1. The topological polar surface area (TPSA) is 49.4 Å². The fraction of sp³-hybridized carbons (Fsp3) is 1.00. The molecule has 0 unspecified atom stereocenters. The van der Waals surface area contributed by atoms with Gasteiger partial charge >= 0.3 is 0 Å². The first-order valence-electron chi connectivity index (χ1n) is 3.85. The van der Waals surface area contributed by atoms with Crippen LogP contribution in [0.3, 0.4) is 0 Å². The predicted molar refractivity (Wildman–Crippen MR) is 43.9 cm³/mol. The van der Waals surface area contributed by atoms with E-state index in [2.05, 4.69) is 5.32 Å². The highest BCUT2D eigenvalue weighted by Gasteiger charge is 2.21. The van der Waals surface area contributed by atoms with Crippen molar-refractivity contribution in [2.75, 3.05) is 31.9 Å². The van der Waals surface area contributed by atoms with Gasteiger partial charge in [0, 0.05) is 26.2 Å². The number of likely N-dealkylation sites (N-methyl/N-ethyl adjacent to an activating group) is 1. The number of nitrogens with zero attached hydrogens (tertiary/aromatic N) is 1. The Morgan fingerprint density at radius 2 is 2.18 bits per heavy atom. The molecule has 0 aromatic rings. The molecule has 0 atom stereocenters. The summed E-state index contributed by atoms with van der Waals surface area (Å²) in [5, 5.41) is 3.05. The molecule has 11 heavy (non-hydrogen) atoms. The first-order valence-corrected chi connectivity index (χ1v) is 5.46. The third-order valence-corrected chi connectivity index (χ3v) is 3.77. The molecule has 0 saturated carbocycles. The summed E-state index contributed by atoms with van der Waals surface area (Å²) in [5.41, 5.74) is 0. The third-order valence-electron chi connectivity index (χ3n) is 1.82. The third kappa shape index (κ3) is 2.15. The van der Waals surface area contributed by atoms with E-state index >= 15 is 0 Å². The largest absolute Gasteiger partial charge is 0.314 e. The summed E-state index contributed by atoms with van der Waals surface area (Å²) in [6.07, 6.45) is 0. The Labute approximate surface area is 67.6 Å². The minimum atomic E-state index is -2.94. The SMILES string of the molecule is CCN1CCNCCS1(=O)=O. The predicted octanol–water partition coefficient (Wildman–Crippen LogP) is -0.759. The second-order valence-electron chi connectivity index (χ2n) is 2.56. The van der Waals surface area contributed by atoms with Crippen LogP contribution >= 0.6 is 0 Å². The van der Waals surface area contributed by atoms with Gasteiger partial charge in [0.2, 0.25) is 10.0 Å². The molecule has 0 aliphatic carbocycles. The quantitative estimate of drug-likeness (QED) is 0.574. The zero-order valence-corrected chi connectivity index (χ0v) is 7.52. The van der Waals surface area contributed by atoms with E-state index in [1.807, 2.05) is 6.92 Å². The Kier molecular flexibility index (Phi) is 2.86. The molecule has 1 N–H and O–H groups in total. The second kappa shape index (κ2) is 3.51. The molecule has 0 amide bonds. The van der Waals surface area contributed by atoms with Gasteiger partial charge in [0.25, 0.3) is 0 Å². The van der Waals surface area contributed by atoms with Gasteiger partial charge in [-0.3, -0.25) is 0 Å². The molecular formula is C6H14N2O2S. The van der Waals surface area contributed by atoms with Crippen LogP contribution < -0.4 is 5.32 Å². The molecule has 0 aromatic carbocycles. The van der Waals surface area contributed by atoms with E-state index in [0.29, 0.717) is 19.6 Å². The number of hydrogen-bond donors (Lipinski definition) is 1. The van der Waals surface area contributed by atoms with Crippen LogP contribution in [-0.4, -0.2) is 44.7 Å². The lowest BCUT2D eigenvalue weighted by atomic mass is 10.6. The number of sulfonamides is 1. The molecule has 0 bridgehead atoms. The summed E-state index contributed by atoms with van der Waals surface area (Å²) in [5.74, 6) is 0.237. The minimum absolute atomic E-state index is 0.237. The second-order valence-corrected chi connectivity index (χ2v) is 4.65. The summed E-state index contributed by atoms with van der Waals surface area (Å²) in [7, 11) is -2.94. The van der Waals surface area contributed by atoms with Crippen molar-refractivity contribution in [1.82, 2.24) is 9.62 Å². The molecule has 0 radical (unpaired) electrons. The number of rotatable bonds is 1. The van der Waals surface area contributed by atoms with Crippen molar-refractivity contribution < 1.29 is 8.42 Å². The Balaban J connectivity index is 2.72. The van der Waals surface area contributed by atoms with Gasteiger partial charge in [-0.1, -0.05) is 6.92 Å². The van der Waals surface area contributed by atoms with Crippen molar-refractivity contribution in [2.45, 2.75) is 6.92 Å². The van der Waals surface area contributed by atoms with Crippen molar-refractivity contribution >= 4 is 10.0 Å². The average Bonchev–Trinajstić information content (AvgIpc) is 2.10. The highest BCUT2D eigenvalue weighted by molar-refractivity contribution is 7.89. The van der Waals surface area contributed by atoms with E-state index < -0.39 is 10.0 Å². The molecule has 5 heteroatoms. The summed E-state index contributed by atoms with van der Waals surface area (Å²) >= 11 is 0. The molecule has 1 aliphatic heterocycles. The van der Waals surface area contributed by atoms with Crippen LogP contribution in [0.25, 0.3) is 0 Å². The molecule has 0 aromatic heterocycles. The lowest BCUT2D eigenvalue weighted by Gasteiger charge is -2.15. The van der Waals surface area contributed by atoms with Crippen LogP contribution in [0.2, 0.25) is 0 Å². The minimum Gasteiger partial charge on any atom is -0.314 e. The van der Waals surface area contributed by atoms with Crippen LogP contribution in [0.4, 0.5) is 0 Å². The Bertz CT molecular complexity index is 213. The van der Waals surface area contributed by atoms with Gasteiger partial charge < -0.3 is 5.32 Å². The van der Waals surface area contributed by atoms with Crippen LogP contribution in [0.5, 0.6) is 0 Å². The molecule has 1 heterocycles. The van der Waals surface area contributed by atoms with Gasteiger partial charge in [0.15, 0.2) is 0 Å². The first-order chi connectivity index (χ1) is 5.17. The maximum absolute atomic E-state index is 11.3. The van der Waals surface area contributed by atoms with Crippen molar-refractivity contribution in [1.29, 1.82) is 0 Å². The Hall–Kier alpha value is -0.130. The lowest BCUT2D eigenvalue weighted by molar-refractivity contribution is 0.437. The van der Waals surface area contributed by atoms with Gasteiger partial charge in [0.1, 0.15) is 0 Å². The number of hydrogen-bond acceptors (Lipinski definition) is 3. The van der Waals surface area contributed by atoms with Crippen molar-refractivity contribution in [3.63, 3.8) is 0 Å². The molecule has 1 fully saturated rings. The Morgan fingerprint density at radius 3 is 2.82 bits per heavy atom. The van der Waals surface area contributed by atoms with Crippen LogP contribution in [0.1, 0.15) is 6.92 Å². The molecule has 66 valence electrons. The summed E-state index contributed by atoms with van der Waals surface area (Å²) in [6, 6.07) is 0. The molecule has 4 nitrogen and oxygen atoms in total. The molecule has 0 spiro atoms. The normalized spacial score (nSPS) is 26.3. The lowest BCUT2D eigenvalue weighted by Crippen LogP contribution is -2.33. The molecular weight excluding hydrogens is 164 g/mol. The van der Waals surface area contributed by atoms with Gasteiger partial charge in [-0.15, -0.1) is 0 Å². The molecule has 1 rings (SSSR count). The molecule has 1 aliphatic rings. The first kappa shape index (κ1) is 8.96. The Morgan fingerprint density at radius 1 is 1.45 bits per heavy atom. The maximum atomic E-state index is 11.3. The molecule has 1 saturated heterocycles. The highest BCUT2D eigenvalue weighted by Crippen LogP contribution is 2.01. The monoisotopic (exact) mass is 178 g/mol. The van der Waals surface area contributed by atoms with E-state index in [1.165, 1.54) is 4.31 Å². The van der Waals surface area contributed by atoms with Crippen LogP contribution in [0.15, 0.2) is 0 Å². The zero-order valence-electron chi connectivity index (χ0n) is 6.71. The van der Waals surface area contributed by atoms with E-state index in [0.717, 1.165) is 6.54 Å². The average molecular weight is 178 g/mol. The van der Waals surface area contributed by atoms with Gasteiger partial charge in [0.05, 0.1) is 5.75 Å². The van der Waals surface area contributed by atoms with Gasteiger partial charge in [-0.2, -0.15) is 0 Å². The van der Waals surface area contributed by atoms with E-state index in [1.54, 1.807) is 0 Å². The van der Waals surface area contributed by atoms with Gasteiger partial charge in [-0.25, -0.2) is 12.7 Å². The standard InChI is InChI=1S/C6H14N2O2S/c1-2-8-5-3-7-4-6-11(8,9)10/h7H,2-6H2,1H3. The van der Waals surface area contributed by atoms with Crippen molar-refractivity contribution in [3.05, 3.63) is 0 Å². The summed E-state index contributed by atoms with van der Waals surface area (Å²) in [6.45, 7) is 4.41. The fourth-order valence-corrected chi connectivity index (χ4v) is 2.58. The fourth-order valence-electron chi connectivity index (χ4n) is 1.15.